The van der Waals surface area contributed by atoms with Gasteiger partial charge in [0.05, 0.1) is 29.9 Å². The Morgan fingerprint density at radius 1 is 1.10 bits per heavy atom. The second kappa shape index (κ2) is 13.7. The van der Waals surface area contributed by atoms with Gasteiger partial charge in [0.2, 0.25) is 0 Å². The van der Waals surface area contributed by atoms with Crippen LogP contribution in [-0.2, 0) is 36.1 Å². The molecule has 2 amide bonds. The summed E-state index contributed by atoms with van der Waals surface area (Å²) in [4.78, 5) is 30.5. The number of benzene rings is 2. The van der Waals surface area contributed by atoms with Crippen molar-refractivity contribution in [1.82, 2.24) is 9.62 Å². The Hall–Kier alpha value is -3.32. The van der Waals surface area contributed by atoms with Crippen LogP contribution in [0.3, 0.4) is 0 Å². The van der Waals surface area contributed by atoms with E-state index in [0.717, 1.165) is 32.1 Å². The molecule has 13 heteroatoms. The van der Waals surface area contributed by atoms with E-state index in [0.29, 0.717) is 62.1 Å². The highest BCUT2D eigenvalue weighted by Crippen LogP contribution is 2.47. The summed E-state index contributed by atoms with van der Waals surface area (Å²) in [6.45, 7) is 5.49. The topological polar surface area (TPSA) is 135 Å². The number of fused-ring (bicyclic) bond motifs is 4. The quantitative estimate of drug-likeness (QED) is 0.391. The van der Waals surface area contributed by atoms with Gasteiger partial charge in [0.1, 0.15) is 17.5 Å². The summed E-state index contributed by atoms with van der Waals surface area (Å²) in [6.07, 6.45) is 7.77. The third-order valence-electron chi connectivity index (χ3n) is 11.3. The molecule has 1 spiro atoms. The van der Waals surface area contributed by atoms with Gasteiger partial charge >= 0.3 is 6.09 Å². The van der Waals surface area contributed by atoms with E-state index in [1.54, 1.807) is 23.1 Å². The van der Waals surface area contributed by atoms with Gasteiger partial charge < -0.3 is 29.1 Å². The van der Waals surface area contributed by atoms with E-state index in [2.05, 4.69) is 15.7 Å². The van der Waals surface area contributed by atoms with Crippen LogP contribution in [0.5, 0.6) is 5.75 Å². The molecule has 11 nitrogen and oxygen atoms in total. The number of aliphatic hydroxyl groups excluding tert-OH is 1. The molecule has 2 fully saturated rings. The molecule has 2 bridgehead atoms. The summed E-state index contributed by atoms with van der Waals surface area (Å²) in [5.74, 6) is -0.0966. The number of carbonyl (C=O) groups excluding carboxylic acids is 2. The molecule has 1 saturated carbocycles. The average molecular weight is 728 g/mol. The van der Waals surface area contributed by atoms with Crippen molar-refractivity contribution in [2.24, 2.45) is 11.8 Å². The number of nitrogens with one attached hydrogen (secondary N) is 1. The molecule has 270 valence electrons. The number of sulfonamides is 1. The first kappa shape index (κ1) is 35.1. The van der Waals surface area contributed by atoms with Gasteiger partial charge in [0.15, 0.2) is 0 Å². The van der Waals surface area contributed by atoms with E-state index in [9.17, 15) is 23.1 Å². The lowest BCUT2D eigenvalue weighted by Gasteiger charge is -2.46. The molecule has 7 rings (SSSR count). The average Bonchev–Trinajstić information content (AvgIpc) is 3.21. The number of hydrogen-bond acceptors (Lipinski definition) is 9. The van der Waals surface area contributed by atoms with Crippen LogP contribution in [-0.4, -0.2) is 87.6 Å². The second-order valence-corrected chi connectivity index (χ2v) is 17.1. The highest BCUT2D eigenvalue weighted by atomic mass is 35.5. The Morgan fingerprint density at radius 3 is 2.66 bits per heavy atom. The summed E-state index contributed by atoms with van der Waals surface area (Å²) in [5, 5.41) is 10.7. The first-order valence-electron chi connectivity index (χ1n) is 17.7. The Kier molecular flexibility index (Phi) is 9.59. The van der Waals surface area contributed by atoms with E-state index < -0.39 is 39.8 Å². The zero-order valence-electron chi connectivity index (χ0n) is 28.6. The number of halogens is 1. The second-order valence-electron chi connectivity index (χ2n) is 15.0. The van der Waals surface area contributed by atoms with Gasteiger partial charge in [0.25, 0.3) is 15.9 Å². The molecular formula is C37H46ClN3O8S. The molecule has 2 aromatic carbocycles. The van der Waals surface area contributed by atoms with Crippen LogP contribution in [0.4, 0.5) is 10.5 Å². The smallest absolute Gasteiger partial charge is 0.410 e. The molecule has 1 saturated heterocycles. The summed E-state index contributed by atoms with van der Waals surface area (Å²) < 4.78 is 48.1. The van der Waals surface area contributed by atoms with E-state index in [4.69, 9.17) is 25.8 Å². The van der Waals surface area contributed by atoms with Crippen molar-refractivity contribution in [2.45, 2.75) is 86.9 Å². The summed E-state index contributed by atoms with van der Waals surface area (Å²) in [7, 11) is -4.25. The maximum Gasteiger partial charge on any atom is 0.410 e. The fraction of sp³-hybridized carbons (Fsp3) is 0.568. The predicted molar refractivity (Wildman–Crippen MR) is 188 cm³/mol. The van der Waals surface area contributed by atoms with E-state index in [1.807, 2.05) is 18.2 Å². The van der Waals surface area contributed by atoms with Crippen molar-refractivity contribution in [3.05, 3.63) is 64.7 Å². The largest absolute Gasteiger partial charge is 0.490 e. The van der Waals surface area contributed by atoms with Crippen molar-refractivity contribution in [2.75, 3.05) is 44.3 Å². The van der Waals surface area contributed by atoms with Crippen LogP contribution in [0, 0.1) is 11.8 Å². The fourth-order valence-electron chi connectivity index (χ4n) is 8.12. The number of anilines is 1. The molecule has 5 aliphatic rings. The van der Waals surface area contributed by atoms with Crippen molar-refractivity contribution < 1.29 is 37.3 Å². The van der Waals surface area contributed by atoms with Crippen LogP contribution >= 0.6 is 11.6 Å². The Labute approximate surface area is 298 Å². The molecule has 2 aliphatic carbocycles. The molecule has 0 aromatic heterocycles. The number of carbonyl (C=O) groups is 2. The molecule has 0 radical (unpaired) electrons. The lowest BCUT2D eigenvalue weighted by Crippen LogP contribution is -2.50. The fourth-order valence-corrected chi connectivity index (χ4v) is 9.44. The number of amides is 2. The standard InChI is InChI=1S/C37H46ClN3O8S/c1-36(2)34(43)39-50(45,46)28-9-12-33-31(20-28)41(22-37(23-47-33)15-3-5-24-19-26(38)8-11-30(24)37)21-25-7-10-29(25)32(6-4-18-48-36)49-35(44)40-16-13-27(42)14-17-40/h4,6,8-9,11-12,19-20,25,27,29,32,42H,3,5,7,10,13-18,21-23H2,1-2H3,(H,39,43)/b6-4-/t25-,29+,32-,37-/m0/s1. The molecule has 50 heavy (non-hydrogen) atoms. The van der Waals surface area contributed by atoms with Gasteiger partial charge in [-0.3, -0.25) is 4.79 Å². The molecule has 2 N–H and O–H groups in total. The van der Waals surface area contributed by atoms with E-state index >= 15 is 0 Å². The maximum atomic E-state index is 13.6. The van der Waals surface area contributed by atoms with E-state index in [1.165, 1.54) is 31.0 Å². The summed E-state index contributed by atoms with van der Waals surface area (Å²) >= 11 is 6.43. The van der Waals surface area contributed by atoms with Gasteiger partial charge in [-0.05, 0) is 112 Å². The number of ether oxygens (including phenoxy) is 3. The Morgan fingerprint density at radius 2 is 1.90 bits per heavy atom. The SMILES string of the molecule is CC1(C)OC/C=C\[C@H](OC(=O)N2CCC(O)CC2)[C@@H]2CC[C@H]2CN2C[C@@]3(CCCc4cc(Cl)ccc43)COc3ccc(cc32)S(=O)(=O)NC1=O. The first-order valence-corrected chi connectivity index (χ1v) is 19.5. The highest BCUT2D eigenvalue weighted by Gasteiger charge is 2.45. The number of rotatable bonds is 1. The minimum absolute atomic E-state index is 0.00253. The van der Waals surface area contributed by atoms with Crippen LogP contribution in [0.1, 0.15) is 63.5 Å². The number of aliphatic hydroxyl groups is 1. The van der Waals surface area contributed by atoms with Crippen LogP contribution in [0.2, 0.25) is 5.02 Å². The van der Waals surface area contributed by atoms with Crippen LogP contribution in [0.15, 0.2) is 53.4 Å². The first-order chi connectivity index (χ1) is 23.8. The number of likely N-dealkylation sites (tertiary alicyclic amines) is 1. The van der Waals surface area contributed by atoms with Gasteiger partial charge in [-0.2, -0.15) is 0 Å². The van der Waals surface area contributed by atoms with E-state index in [-0.39, 0.29) is 28.8 Å². The summed E-state index contributed by atoms with van der Waals surface area (Å²) in [6, 6.07) is 10.8. The molecule has 0 unspecified atom stereocenters. The zero-order valence-corrected chi connectivity index (χ0v) is 30.2. The van der Waals surface area contributed by atoms with Crippen LogP contribution < -0.4 is 14.4 Å². The predicted octanol–water partition coefficient (Wildman–Crippen LogP) is 4.97. The number of aryl methyl sites for hydroxylation is 1. The lowest BCUT2D eigenvalue weighted by atomic mass is 9.68. The van der Waals surface area contributed by atoms with Crippen molar-refractivity contribution in [3.8, 4) is 5.75 Å². The number of piperidine rings is 1. The van der Waals surface area contributed by atoms with Crippen molar-refractivity contribution in [1.29, 1.82) is 0 Å². The Balaban J connectivity index is 1.27. The van der Waals surface area contributed by atoms with Gasteiger partial charge in [-0.25, -0.2) is 17.9 Å². The van der Waals surface area contributed by atoms with Crippen molar-refractivity contribution >= 4 is 39.3 Å². The maximum absolute atomic E-state index is 13.6. The lowest BCUT2D eigenvalue weighted by molar-refractivity contribution is -0.139. The summed E-state index contributed by atoms with van der Waals surface area (Å²) in [5.41, 5.74) is 1.20. The minimum atomic E-state index is -4.25. The molecule has 3 heterocycles. The third kappa shape index (κ3) is 6.96. The van der Waals surface area contributed by atoms with Crippen LogP contribution in [0.25, 0.3) is 0 Å². The van der Waals surface area contributed by atoms with Gasteiger partial charge in [-0.1, -0.05) is 23.7 Å². The zero-order chi connectivity index (χ0) is 35.3. The highest BCUT2D eigenvalue weighted by molar-refractivity contribution is 7.90. The minimum Gasteiger partial charge on any atom is -0.490 e. The number of hydrogen-bond donors (Lipinski definition) is 2. The Bertz CT molecular complexity index is 1780. The van der Waals surface area contributed by atoms with Crippen molar-refractivity contribution in [3.63, 3.8) is 0 Å². The molecule has 2 aromatic rings. The third-order valence-corrected chi connectivity index (χ3v) is 12.8. The molecular weight excluding hydrogens is 682 g/mol. The monoisotopic (exact) mass is 727 g/mol. The van der Waals surface area contributed by atoms with Gasteiger partial charge in [-0.15, -0.1) is 0 Å². The molecule has 4 atom stereocenters. The van der Waals surface area contributed by atoms with Gasteiger partial charge in [0, 0.05) is 42.5 Å². The molecule has 3 aliphatic heterocycles. The number of nitrogens with zero attached hydrogens (tertiary/aromatic N) is 2. The normalized spacial score (nSPS) is 30.1.